The minimum Gasteiger partial charge on any atom is -0.387 e. The monoisotopic (exact) mass is 335 g/mol. The van der Waals surface area contributed by atoms with Crippen LogP contribution in [0.4, 0.5) is 0 Å². The van der Waals surface area contributed by atoms with E-state index < -0.39 is 5.60 Å². The summed E-state index contributed by atoms with van der Waals surface area (Å²) in [4.78, 5) is 11.7. The van der Waals surface area contributed by atoms with Gasteiger partial charge in [-0.25, -0.2) is 0 Å². The largest absolute Gasteiger partial charge is 0.387 e. The molecule has 0 aliphatic carbocycles. The average molecular weight is 336 g/mol. The Kier molecular flexibility index (Phi) is 7.17. The van der Waals surface area contributed by atoms with Crippen LogP contribution in [0.1, 0.15) is 18.9 Å². The van der Waals surface area contributed by atoms with Crippen molar-refractivity contribution < 1.29 is 9.90 Å². The summed E-state index contributed by atoms with van der Waals surface area (Å²) in [7, 11) is 0. The minimum atomic E-state index is -0.882. The van der Waals surface area contributed by atoms with E-state index in [4.69, 9.17) is 23.2 Å². The molecule has 3 nitrogen and oxygen atoms in total. The summed E-state index contributed by atoms with van der Waals surface area (Å²) >= 11 is 13.4. The molecule has 1 amide bonds. The fourth-order valence-corrected chi connectivity index (χ4v) is 2.94. The Hall–Kier alpha value is -0.420. The van der Waals surface area contributed by atoms with Crippen LogP contribution >= 0.6 is 35.0 Å². The van der Waals surface area contributed by atoms with Gasteiger partial charge in [-0.05, 0) is 37.3 Å². The second-order valence-corrected chi connectivity index (χ2v) is 6.65. The number of aryl methyl sites for hydroxylation is 1. The van der Waals surface area contributed by atoms with Crippen molar-refractivity contribution in [1.29, 1.82) is 0 Å². The molecule has 1 aromatic carbocycles. The molecule has 0 heterocycles. The first-order valence-corrected chi connectivity index (χ1v) is 8.41. The molecule has 2 N–H and O–H groups in total. The maximum atomic E-state index is 11.7. The molecule has 1 atom stereocenters. The fraction of sp³-hybridized carbons (Fsp3) is 0.500. The fourth-order valence-electron chi connectivity index (χ4n) is 1.71. The van der Waals surface area contributed by atoms with Crippen LogP contribution < -0.4 is 5.32 Å². The highest BCUT2D eigenvalue weighted by molar-refractivity contribution is 7.98. The highest BCUT2D eigenvalue weighted by atomic mass is 35.5. The second kappa shape index (κ2) is 8.13. The van der Waals surface area contributed by atoms with Gasteiger partial charge in [0.25, 0.3) is 0 Å². The molecule has 0 bridgehead atoms. The molecule has 1 unspecified atom stereocenters. The molecule has 112 valence electrons. The van der Waals surface area contributed by atoms with Gasteiger partial charge in [-0.15, -0.1) is 0 Å². The number of benzene rings is 1. The van der Waals surface area contributed by atoms with Crippen molar-refractivity contribution in [3.8, 4) is 0 Å². The number of amides is 1. The smallest absolute Gasteiger partial charge is 0.220 e. The first-order chi connectivity index (χ1) is 9.34. The first kappa shape index (κ1) is 17.6. The van der Waals surface area contributed by atoms with E-state index in [1.807, 2.05) is 12.3 Å². The Morgan fingerprint density at radius 1 is 1.45 bits per heavy atom. The van der Waals surface area contributed by atoms with E-state index >= 15 is 0 Å². The van der Waals surface area contributed by atoms with E-state index in [1.54, 1.807) is 30.8 Å². The van der Waals surface area contributed by atoms with Crippen molar-refractivity contribution in [3.63, 3.8) is 0 Å². The van der Waals surface area contributed by atoms with Crippen LogP contribution in [0, 0.1) is 0 Å². The summed E-state index contributed by atoms with van der Waals surface area (Å²) in [6, 6.07) is 5.24. The average Bonchev–Trinajstić information content (AvgIpc) is 2.35. The van der Waals surface area contributed by atoms with Crippen LogP contribution in [-0.2, 0) is 11.2 Å². The molecular weight excluding hydrogens is 317 g/mol. The van der Waals surface area contributed by atoms with Gasteiger partial charge in [-0.1, -0.05) is 29.3 Å². The van der Waals surface area contributed by atoms with Crippen LogP contribution in [0.5, 0.6) is 0 Å². The number of hydrogen-bond donors (Lipinski definition) is 2. The van der Waals surface area contributed by atoms with Gasteiger partial charge < -0.3 is 10.4 Å². The van der Waals surface area contributed by atoms with E-state index in [0.29, 0.717) is 28.6 Å². The van der Waals surface area contributed by atoms with Gasteiger partial charge in [0.05, 0.1) is 5.60 Å². The molecule has 1 aromatic rings. The van der Waals surface area contributed by atoms with Gasteiger partial charge >= 0.3 is 0 Å². The van der Waals surface area contributed by atoms with Gasteiger partial charge in [0.2, 0.25) is 5.91 Å². The third kappa shape index (κ3) is 6.35. The lowest BCUT2D eigenvalue weighted by Crippen LogP contribution is -2.42. The van der Waals surface area contributed by atoms with Crippen LogP contribution in [0.2, 0.25) is 10.0 Å². The topological polar surface area (TPSA) is 49.3 Å². The van der Waals surface area contributed by atoms with Crippen molar-refractivity contribution >= 4 is 40.9 Å². The number of thioether (sulfide) groups is 1. The maximum Gasteiger partial charge on any atom is 0.220 e. The maximum absolute atomic E-state index is 11.7. The predicted octanol–water partition coefficient (Wildman–Crippen LogP) is 3.16. The lowest BCUT2D eigenvalue weighted by atomic mass is 10.1. The van der Waals surface area contributed by atoms with Gasteiger partial charge in [-0.3, -0.25) is 4.79 Å². The Bertz CT molecular complexity index is 466. The summed E-state index contributed by atoms with van der Waals surface area (Å²) in [6.07, 6.45) is 2.79. The third-order valence-electron chi connectivity index (χ3n) is 2.76. The highest BCUT2D eigenvalue weighted by Gasteiger charge is 2.20. The van der Waals surface area contributed by atoms with E-state index in [2.05, 4.69) is 5.32 Å². The van der Waals surface area contributed by atoms with Gasteiger partial charge in [0.15, 0.2) is 0 Å². The van der Waals surface area contributed by atoms with Crippen LogP contribution in [0.3, 0.4) is 0 Å². The zero-order valence-corrected chi connectivity index (χ0v) is 13.9. The summed E-state index contributed by atoms with van der Waals surface area (Å²) < 4.78 is 0. The molecule has 6 heteroatoms. The van der Waals surface area contributed by atoms with Crippen molar-refractivity contribution in [2.24, 2.45) is 0 Å². The van der Waals surface area contributed by atoms with Gasteiger partial charge in [0, 0.05) is 28.8 Å². The Balaban J connectivity index is 2.40. The molecule has 0 aliphatic rings. The van der Waals surface area contributed by atoms with Crippen molar-refractivity contribution in [2.45, 2.75) is 25.4 Å². The summed E-state index contributed by atoms with van der Waals surface area (Å²) in [5.41, 5.74) is 0.00887. The summed E-state index contributed by atoms with van der Waals surface area (Å²) in [5.74, 6) is 0.480. The zero-order chi connectivity index (χ0) is 15.2. The number of hydrogen-bond acceptors (Lipinski definition) is 3. The second-order valence-electron chi connectivity index (χ2n) is 4.94. The number of nitrogens with one attached hydrogen (secondary N) is 1. The minimum absolute atomic E-state index is 0.0996. The normalized spacial score (nSPS) is 13.8. The molecule has 0 aromatic heterocycles. The standard InChI is InChI=1S/C14H19Cl2NO2S/c1-14(19,9-20-2)8-17-13(18)6-4-10-3-5-11(15)7-12(10)16/h3,5,7,19H,4,6,8-9H2,1-2H3,(H,17,18). The molecule has 1 rings (SSSR count). The molecule has 0 radical (unpaired) electrons. The molecule has 0 saturated carbocycles. The van der Waals surface area contributed by atoms with Crippen LogP contribution in [0.25, 0.3) is 0 Å². The van der Waals surface area contributed by atoms with Crippen LogP contribution in [-0.4, -0.2) is 35.2 Å². The molecule has 0 aliphatic heterocycles. The van der Waals surface area contributed by atoms with E-state index in [0.717, 1.165) is 5.56 Å². The van der Waals surface area contributed by atoms with Crippen molar-refractivity contribution in [1.82, 2.24) is 5.32 Å². The quantitative estimate of drug-likeness (QED) is 0.804. The van der Waals surface area contributed by atoms with E-state index in [1.165, 1.54) is 0 Å². The Morgan fingerprint density at radius 2 is 2.15 bits per heavy atom. The molecule has 20 heavy (non-hydrogen) atoms. The molecule has 0 saturated heterocycles. The van der Waals surface area contributed by atoms with E-state index in [-0.39, 0.29) is 12.5 Å². The number of halogens is 2. The lowest BCUT2D eigenvalue weighted by Gasteiger charge is -2.22. The Morgan fingerprint density at radius 3 is 2.75 bits per heavy atom. The highest BCUT2D eigenvalue weighted by Crippen LogP contribution is 2.22. The number of rotatable bonds is 7. The summed E-state index contributed by atoms with van der Waals surface area (Å²) in [5, 5.41) is 13.8. The Labute approximate surface area is 134 Å². The zero-order valence-electron chi connectivity index (χ0n) is 11.6. The molecule has 0 spiro atoms. The van der Waals surface area contributed by atoms with Crippen molar-refractivity contribution in [2.75, 3.05) is 18.6 Å². The van der Waals surface area contributed by atoms with Gasteiger partial charge in [-0.2, -0.15) is 11.8 Å². The summed E-state index contributed by atoms with van der Waals surface area (Å²) in [6.45, 7) is 1.96. The third-order valence-corrected chi connectivity index (χ3v) is 4.26. The van der Waals surface area contributed by atoms with Crippen LogP contribution in [0.15, 0.2) is 18.2 Å². The number of aliphatic hydroxyl groups is 1. The van der Waals surface area contributed by atoms with E-state index in [9.17, 15) is 9.90 Å². The van der Waals surface area contributed by atoms with Gasteiger partial charge in [0.1, 0.15) is 0 Å². The first-order valence-electron chi connectivity index (χ1n) is 6.26. The molecular formula is C14H19Cl2NO2S. The number of carbonyl (C=O) groups is 1. The SMILES string of the molecule is CSCC(C)(O)CNC(=O)CCc1ccc(Cl)cc1Cl. The predicted molar refractivity (Wildman–Crippen MR) is 86.8 cm³/mol. The molecule has 0 fully saturated rings. The lowest BCUT2D eigenvalue weighted by molar-refractivity contribution is -0.122. The van der Waals surface area contributed by atoms with Crippen molar-refractivity contribution in [3.05, 3.63) is 33.8 Å². The number of carbonyl (C=O) groups excluding carboxylic acids is 1.